The van der Waals surface area contributed by atoms with Crippen molar-refractivity contribution in [3.05, 3.63) is 35.4 Å². The molecule has 0 saturated carbocycles. The topological polar surface area (TPSA) is 3.24 Å². The van der Waals surface area contributed by atoms with E-state index in [0.29, 0.717) is 11.8 Å². The first-order valence-electron chi connectivity index (χ1n) is 6.50. The highest BCUT2D eigenvalue weighted by atomic mass is 35.5. The molecule has 1 atom stereocenters. The zero-order valence-electron chi connectivity index (χ0n) is 11.2. The molecular formula is C15H24ClN. The highest BCUT2D eigenvalue weighted by Crippen LogP contribution is 2.18. The van der Waals surface area contributed by atoms with Crippen LogP contribution in [0.25, 0.3) is 0 Å². The van der Waals surface area contributed by atoms with Gasteiger partial charge >= 0.3 is 0 Å². The van der Waals surface area contributed by atoms with Gasteiger partial charge in [0.25, 0.3) is 0 Å². The standard InChI is InChI=1S/C15H24ClN/c1-4-13(2)15-7-5-14(6-8-15)9-11-17(3)12-10-16/h5-8,13H,4,9-12H2,1-3H3. The average molecular weight is 254 g/mol. The van der Waals surface area contributed by atoms with Gasteiger partial charge in [0.1, 0.15) is 0 Å². The predicted molar refractivity (Wildman–Crippen MR) is 77.1 cm³/mol. The normalized spacial score (nSPS) is 13.0. The lowest BCUT2D eigenvalue weighted by Crippen LogP contribution is -2.23. The fourth-order valence-electron chi connectivity index (χ4n) is 1.82. The molecule has 1 rings (SSSR count). The first kappa shape index (κ1) is 14.5. The largest absolute Gasteiger partial charge is 0.305 e. The van der Waals surface area contributed by atoms with Crippen molar-refractivity contribution in [2.75, 3.05) is 26.0 Å². The summed E-state index contributed by atoms with van der Waals surface area (Å²) in [6, 6.07) is 9.06. The quantitative estimate of drug-likeness (QED) is 0.666. The van der Waals surface area contributed by atoms with E-state index in [0.717, 1.165) is 19.5 Å². The van der Waals surface area contributed by atoms with Crippen molar-refractivity contribution in [3.8, 4) is 0 Å². The Morgan fingerprint density at radius 3 is 2.35 bits per heavy atom. The third-order valence-electron chi connectivity index (χ3n) is 3.41. The molecule has 0 aliphatic carbocycles. The lowest BCUT2D eigenvalue weighted by atomic mass is 9.97. The Morgan fingerprint density at radius 1 is 1.18 bits per heavy atom. The smallest absolute Gasteiger partial charge is 0.0351 e. The Balaban J connectivity index is 2.45. The molecule has 0 N–H and O–H groups in total. The Bertz CT molecular complexity index is 307. The molecule has 0 aromatic heterocycles. The molecule has 0 aliphatic rings. The van der Waals surface area contributed by atoms with Crippen LogP contribution >= 0.6 is 11.6 Å². The van der Waals surface area contributed by atoms with Crippen molar-refractivity contribution in [1.82, 2.24) is 4.90 Å². The summed E-state index contributed by atoms with van der Waals surface area (Å²) in [5, 5.41) is 0. The highest BCUT2D eigenvalue weighted by Gasteiger charge is 2.03. The van der Waals surface area contributed by atoms with Crippen LogP contribution < -0.4 is 0 Å². The van der Waals surface area contributed by atoms with E-state index in [9.17, 15) is 0 Å². The summed E-state index contributed by atoms with van der Waals surface area (Å²) in [6.07, 6.45) is 2.31. The minimum absolute atomic E-state index is 0.669. The van der Waals surface area contributed by atoms with Gasteiger partial charge in [-0.05, 0) is 36.9 Å². The van der Waals surface area contributed by atoms with Gasteiger partial charge in [0.15, 0.2) is 0 Å². The predicted octanol–water partition coefficient (Wildman–Crippen LogP) is 3.91. The minimum Gasteiger partial charge on any atom is -0.305 e. The number of benzene rings is 1. The Morgan fingerprint density at radius 2 is 1.82 bits per heavy atom. The van der Waals surface area contributed by atoms with E-state index in [1.165, 1.54) is 17.5 Å². The third kappa shape index (κ3) is 5.10. The zero-order chi connectivity index (χ0) is 12.7. The molecule has 17 heavy (non-hydrogen) atoms. The number of alkyl halides is 1. The van der Waals surface area contributed by atoms with E-state index in [-0.39, 0.29) is 0 Å². The van der Waals surface area contributed by atoms with Crippen LogP contribution in [0.2, 0.25) is 0 Å². The summed E-state index contributed by atoms with van der Waals surface area (Å²) >= 11 is 5.71. The van der Waals surface area contributed by atoms with Crippen LogP contribution in [0.15, 0.2) is 24.3 Å². The van der Waals surface area contributed by atoms with Crippen molar-refractivity contribution < 1.29 is 0 Å². The van der Waals surface area contributed by atoms with Gasteiger partial charge in [-0.1, -0.05) is 38.1 Å². The third-order valence-corrected chi connectivity index (χ3v) is 3.58. The molecule has 1 aromatic carbocycles. The monoisotopic (exact) mass is 253 g/mol. The number of likely N-dealkylation sites (N-methyl/N-ethyl adjacent to an activating group) is 1. The maximum absolute atomic E-state index is 5.71. The van der Waals surface area contributed by atoms with Gasteiger partial charge in [0, 0.05) is 19.0 Å². The first-order valence-corrected chi connectivity index (χ1v) is 7.04. The lowest BCUT2D eigenvalue weighted by molar-refractivity contribution is 0.359. The van der Waals surface area contributed by atoms with Gasteiger partial charge in [-0.3, -0.25) is 0 Å². The molecule has 1 nitrogen and oxygen atoms in total. The van der Waals surface area contributed by atoms with Crippen molar-refractivity contribution in [2.45, 2.75) is 32.6 Å². The molecule has 2 heteroatoms. The number of rotatable bonds is 7. The van der Waals surface area contributed by atoms with Crippen LogP contribution in [0, 0.1) is 0 Å². The summed E-state index contributed by atoms with van der Waals surface area (Å²) in [5.74, 6) is 1.38. The van der Waals surface area contributed by atoms with E-state index in [4.69, 9.17) is 11.6 Å². The molecule has 0 radical (unpaired) electrons. The number of halogens is 1. The first-order chi connectivity index (χ1) is 8.17. The molecule has 0 spiro atoms. The summed E-state index contributed by atoms with van der Waals surface area (Å²) in [7, 11) is 2.12. The maximum atomic E-state index is 5.71. The van der Waals surface area contributed by atoms with Crippen LogP contribution in [-0.2, 0) is 6.42 Å². The van der Waals surface area contributed by atoms with Crippen molar-refractivity contribution >= 4 is 11.6 Å². The second kappa shape index (κ2) is 7.73. The fraction of sp³-hybridized carbons (Fsp3) is 0.600. The van der Waals surface area contributed by atoms with E-state index in [1.807, 2.05) is 0 Å². The molecule has 1 aromatic rings. The van der Waals surface area contributed by atoms with E-state index < -0.39 is 0 Å². The molecular weight excluding hydrogens is 230 g/mol. The highest BCUT2D eigenvalue weighted by molar-refractivity contribution is 6.18. The molecule has 0 bridgehead atoms. The van der Waals surface area contributed by atoms with Gasteiger partial charge < -0.3 is 4.90 Å². The molecule has 0 fully saturated rings. The second-order valence-electron chi connectivity index (χ2n) is 4.79. The number of hydrogen-bond acceptors (Lipinski definition) is 1. The van der Waals surface area contributed by atoms with Crippen molar-refractivity contribution in [1.29, 1.82) is 0 Å². The SMILES string of the molecule is CCC(C)c1ccc(CCN(C)CCCl)cc1. The molecule has 1 unspecified atom stereocenters. The average Bonchev–Trinajstić information content (AvgIpc) is 2.36. The van der Waals surface area contributed by atoms with Gasteiger partial charge in [-0.15, -0.1) is 11.6 Å². The molecule has 0 saturated heterocycles. The lowest BCUT2D eigenvalue weighted by Gasteiger charge is -2.15. The summed E-state index contributed by atoms with van der Waals surface area (Å²) in [5.41, 5.74) is 2.86. The Kier molecular flexibility index (Phi) is 6.61. The second-order valence-corrected chi connectivity index (χ2v) is 5.17. The molecule has 96 valence electrons. The van der Waals surface area contributed by atoms with Gasteiger partial charge in [0.05, 0.1) is 0 Å². The maximum Gasteiger partial charge on any atom is 0.0351 e. The van der Waals surface area contributed by atoms with Gasteiger partial charge in [0.2, 0.25) is 0 Å². The van der Waals surface area contributed by atoms with Crippen LogP contribution in [0.3, 0.4) is 0 Å². The number of nitrogens with zero attached hydrogens (tertiary/aromatic N) is 1. The van der Waals surface area contributed by atoms with Crippen LogP contribution in [0.4, 0.5) is 0 Å². The Hall–Kier alpha value is -0.530. The minimum atomic E-state index is 0.669. The fourth-order valence-corrected chi connectivity index (χ4v) is 2.11. The molecule has 0 heterocycles. The Labute approximate surface area is 111 Å². The summed E-state index contributed by atoms with van der Waals surface area (Å²) in [6.45, 7) is 6.56. The number of hydrogen-bond donors (Lipinski definition) is 0. The van der Waals surface area contributed by atoms with Crippen LogP contribution in [-0.4, -0.2) is 30.9 Å². The molecule has 0 aliphatic heterocycles. The van der Waals surface area contributed by atoms with E-state index in [1.54, 1.807) is 0 Å². The summed E-state index contributed by atoms with van der Waals surface area (Å²) < 4.78 is 0. The van der Waals surface area contributed by atoms with E-state index >= 15 is 0 Å². The van der Waals surface area contributed by atoms with Crippen LogP contribution in [0.1, 0.15) is 37.3 Å². The molecule has 0 amide bonds. The van der Waals surface area contributed by atoms with Crippen molar-refractivity contribution in [2.24, 2.45) is 0 Å². The zero-order valence-corrected chi connectivity index (χ0v) is 12.0. The summed E-state index contributed by atoms with van der Waals surface area (Å²) in [4.78, 5) is 2.27. The van der Waals surface area contributed by atoms with Gasteiger partial charge in [-0.2, -0.15) is 0 Å². The van der Waals surface area contributed by atoms with Crippen molar-refractivity contribution in [3.63, 3.8) is 0 Å². The van der Waals surface area contributed by atoms with Gasteiger partial charge in [-0.25, -0.2) is 0 Å². The van der Waals surface area contributed by atoms with E-state index in [2.05, 4.69) is 50.1 Å². The van der Waals surface area contributed by atoms with Crippen LogP contribution in [0.5, 0.6) is 0 Å².